The molecule has 0 saturated heterocycles. The van der Waals surface area contributed by atoms with Crippen LogP contribution in [0, 0.1) is 0 Å². The molecule has 20 heavy (non-hydrogen) atoms. The van der Waals surface area contributed by atoms with Crippen LogP contribution in [0.3, 0.4) is 0 Å². The summed E-state index contributed by atoms with van der Waals surface area (Å²) in [5, 5.41) is 6.03. The monoisotopic (exact) mass is 294 g/mol. The lowest BCUT2D eigenvalue weighted by molar-refractivity contribution is -0.133. The molecule has 0 aliphatic rings. The molecule has 2 aromatic rings. The summed E-state index contributed by atoms with van der Waals surface area (Å²) in [6.07, 6.45) is 3.18. The van der Waals surface area contributed by atoms with Crippen molar-refractivity contribution < 1.29 is 9.53 Å². The van der Waals surface area contributed by atoms with Crippen LogP contribution >= 0.6 is 11.3 Å². The zero-order valence-electron chi connectivity index (χ0n) is 11.4. The summed E-state index contributed by atoms with van der Waals surface area (Å²) < 4.78 is 6.61. The van der Waals surface area contributed by atoms with Gasteiger partial charge in [0.15, 0.2) is 0 Å². The summed E-state index contributed by atoms with van der Waals surface area (Å²) in [5.74, 6) is -0.00134. The molecule has 0 bridgehead atoms. The second-order valence-corrected chi connectivity index (χ2v) is 5.39. The van der Waals surface area contributed by atoms with E-state index in [0.717, 1.165) is 4.88 Å². The van der Waals surface area contributed by atoms with Gasteiger partial charge in [-0.05, 0) is 11.4 Å². The molecule has 0 atom stereocenters. The SMILES string of the molecule is COCCN(Cc1cccs1)C(=O)Cn1cc(N)cn1. The largest absolute Gasteiger partial charge is 0.396 e. The fourth-order valence-corrected chi connectivity index (χ4v) is 2.51. The molecule has 2 rings (SSSR count). The van der Waals surface area contributed by atoms with E-state index in [0.29, 0.717) is 25.4 Å². The Morgan fingerprint density at radius 1 is 1.60 bits per heavy atom. The Morgan fingerprint density at radius 3 is 3.05 bits per heavy atom. The molecule has 0 fully saturated rings. The molecule has 6 nitrogen and oxygen atoms in total. The van der Waals surface area contributed by atoms with Gasteiger partial charge in [-0.3, -0.25) is 9.48 Å². The zero-order valence-corrected chi connectivity index (χ0v) is 12.2. The van der Waals surface area contributed by atoms with Crippen LogP contribution in [0.5, 0.6) is 0 Å². The third-order valence-electron chi connectivity index (χ3n) is 2.80. The molecule has 2 aromatic heterocycles. The van der Waals surface area contributed by atoms with Crippen molar-refractivity contribution in [2.24, 2.45) is 0 Å². The number of aromatic nitrogens is 2. The van der Waals surface area contributed by atoms with Crippen LogP contribution in [0.2, 0.25) is 0 Å². The summed E-state index contributed by atoms with van der Waals surface area (Å²) in [7, 11) is 1.63. The number of nitrogens with zero attached hydrogens (tertiary/aromatic N) is 3. The summed E-state index contributed by atoms with van der Waals surface area (Å²) >= 11 is 1.64. The van der Waals surface area contributed by atoms with E-state index in [-0.39, 0.29) is 12.5 Å². The Bertz CT molecular complexity index is 538. The normalized spacial score (nSPS) is 10.7. The maximum atomic E-state index is 12.3. The second-order valence-electron chi connectivity index (χ2n) is 4.36. The molecule has 0 aliphatic heterocycles. The maximum Gasteiger partial charge on any atom is 0.244 e. The zero-order chi connectivity index (χ0) is 14.4. The van der Waals surface area contributed by atoms with E-state index in [9.17, 15) is 4.79 Å². The van der Waals surface area contributed by atoms with E-state index in [1.54, 1.807) is 34.2 Å². The van der Waals surface area contributed by atoms with Gasteiger partial charge in [0.1, 0.15) is 6.54 Å². The Kier molecular flexibility index (Phi) is 5.14. The van der Waals surface area contributed by atoms with Gasteiger partial charge >= 0.3 is 0 Å². The van der Waals surface area contributed by atoms with Gasteiger partial charge in [0.2, 0.25) is 5.91 Å². The topological polar surface area (TPSA) is 73.4 Å². The quantitative estimate of drug-likeness (QED) is 0.833. The first kappa shape index (κ1) is 14.5. The molecule has 2 N–H and O–H groups in total. The van der Waals surface area contributed by atoms with E-state index < -0.39 is 0 Å². The maximum absolute atomic E-state index is 12.3. The standard InChI is InChI=1S/C13H18N4O2S/c1-19-5-4-16(9-12-3-2-6-20-12)13(18)10-17-8-11(14)7-15-17/h2-3,6-8H,4-5,9-10,14H2,1H3. The van der Waals surface area contributed by atoms with E-state index >= 15 is 0 Å². The molecule has 0 radical (unpaired) electrons. The van der Waals surface area contributed by atoms with Gasteiger partial charge in [-0.15, -0.1) is 11.3 Å². The van der Waals surface area contributed by atoms with Crippen molar-refractivity contribution in [1.29, 1.82) is 0 Å². The smallest absolute Gasteiger partial charge is 0.244 e. The lowest BCUT2D eigenvalue weighted by Gasteiger charge is -2.21. The molecule has 0 aliphatic carbocycles. The number of nitrogen functional groups attached to an aromatic ring is 1. The minimum absolute atomic E-state index is 0.00134. The van der Waals surface area contributed by atoms with Gasteiger partial charge in [-0.25, -0.2) is 0 Å². The summed E-state index contributed by atoms with van der Waals surface area (Å²) in [5.41, 5.74) is 6.15. The van der Waals surface area contributed by atoms with Gasteiger partial charge in [0.05, 0.1) is 25.0 Å². The highest BCUT2D eigenvalue weighted by molar-refractivity contribution is 7.09. The molecule has 7 heteroatoms. The van der Waals surface area contributed by atoms with E-state index in [2.05, 4.69) is 5.10 Å². The van der Waals surface area contributed by atoms with Crippen LogP contribution in [0.15, 0.2) is 29.9 Å². The third-order valence-corrected chi connectivity index (χ3v) is 3.66. The van der Waals surface area contributed by atoms with Crippen molar-refractivity contribution in [2.75, 3.05) is 26.0 Å². The fourth-order valence-electron chi connectivity index (χ4n) is 1.79. The van der Waals surface area contributed by atoms with Crippen LogP contribution in [-0.4, -0.2) is 40.8 Å². The number of ether oxygens (including phenoxy) is 1. The van der Waals surface area contributed by atoms with E-state index in [1.165, 1.54) is 6.20 Å². The first-order chi connectivity index (χ1) is 9.69. The van der Waals surface area contributed by atoms with Crippen LogP contribution < -0.4 is 5.73 Å². The molecule has 0 aromatic carbocycles. The number of carbonyl (C=O) groups is 1. The fraction of sp³-hybridized carbons (Fsp3) is 0.385. The summed E-state index contributed by atoms with van der Waals surface area (Å²) in [4.78, 5) is 15.2. The molecule has 0 saturated carbocycles. The van der Waals surface area contributed by atoms with Crippen LogP contribution in [0.4, 0.5) is 5.69 Å². The highest BCUT2D eigenvalue weighted by Crippen LogP contribution is 2.12. The number of methoxy groups -OCH3 is 1. The number of hydrogen-bond donors (Lipinski definition) is 1. The molecule has 0 unspecified atom stereocenters. The molecular formula is C13H18N4O2S. The predicted octanol–water partition coefficient (Wildman–Crippen LogP) is 1.20. The summed E-state index contributed by atoms with van der Waals surface area (Å²) in [6.45, 7) is 1.85. The molecule has 1 amide bonds. The molecule has 0 spiro atoms. The van der Waals surface area contributed by atoms with Gasteiger partial charge in [0, 0.05) is 24.7 Å². The molecule has 108 valence electrons. The van der Waals surface area contributed by atoms with Crippen LogP contribution in [0.25, 0.3) is 0 Å². The average Bonchev–Trinajstić information content (AvgIpc) is 3.06. The lowest BCUT2D eigenvalue weighted by Crippen LogP contribution is -2.35. The van der Waals surface area contributed by atoms with Gasteiger partial charge < -0.3 is 15.4 Å². The molecule has 2 heterocycles. The number of nitrogens with two attached hydrogens (primary N) is 1. The number of anilines is 1. The highest BCUT2D eigenvalue weighted by Gasteiger charge is 2.15. The van der Waals surface area contributed by atoms with Crippen molar-refractivity contribution in [3.8, 4) is 0 Å². The highest BCUT2D eigenvalue weighted by atomic mass is 32.1. The first-order valence-electron chi connectivity index (χ1n) is 6.26. The number of hydrogen-bond acceptors (Lipinski definition) is 5. The van der Waals surface area contributed by atoms with Crippen molar-refractivity contribution in [2.45, 2.75) is 13.1 Å². The minimum atomic E-state index is -0.00134. The van der Waals surface area contributed by atoms with Crippen molar-refractivity contribution in [1.82, 2.24) is 14.7 Å². The second kappa shape index (κ2) is 7.06. The van der Waals surface area contributed by atoms with Crippen LogP contribution in [0.1, 0.15) is 4.88 Å². The van der Waals surface area contributed by atoms with Crippen LogP contribution in [-0.2, 0) is 22.6 Å². The number of rotatable bonds is 7. The summed E-state index contributed by atoms with van der Waals surface area (Å²) in [6, 6.07) is 4.00. The van der Waals surface area contributed by atoms with Gasteiger partial charge in [0.25, 0.3) is 0 Å². The number of amides is 1. The average molecular weight is 294 g/mol. The Hall–Kier alpha value is -1.86. The third kappa shape index (κ3) is 4.07. The van der Waals surface area contributed by atoms with Gasteiger partial charge in [-0.1, -0.05) is 6.07 Å². The van der Waals surface area contributed by atoms with Gasteiger partial charge in [-0.2, -0.15) is 5.10 Å². The molecular weight excluding hydrogens is 276 g/mol. The minimum Gasteiger partial charge on any atom is -0.396 e. The van der Waals surface area contributed by atoms with Crippen molar-refractivity contribution >= 4 is 22.9 Å². The lowest BCUT2D eigenvalue weighted by atomic mass is 10.4. The van der Waals surface area contributed by atoms with Crippen molar-refractivity contribution in [3.05, 3.63) is 34.8 Å². The van der Waals surface area contributed by atoms with E-state index in [4.69, 9.17) is 10.5 Å². The predicted molar refractivity (Wildman–Crippen MR) is 78.3 cm³/mol. The number of thiophene rings is 1. The Labute approximate surface area is 121 Å². The van der Waals surface area contributed by atoms with Crippen molar-refractivity contribution in [3.63, 3.8) is 0 Å². The Balaban J connectivity index is 1.99. The Morgan fingerprint density at radius 2 is 2.45 bits per heavy atom. The first-order valence-corrected chi connectivity index (χ1v) is 7.14. The number of carbonyl (C=O) groups excluding carboxylic acids is 1. The van der Waals surface area contributed by atoms with E-state index in [1.807, 2.05) is 17.5 Å².